The van der Waals surface area contributed by atoms with Crippen LogP contribution in [0.5, 0.6) is 0 Å². The van der Waals surface area contributed by atoms with Gasteiger partial charge in [-0.05, 0) is 53.4 Å². The van der Waals surface area contributed by atoms with Gasteiger partial charge in [-0.1, -0.05) is 0 Å². The number of rotatable bonds is 6. The number of ether oxygens (including phenoxy) is 2. The van der Waals surface area contributed by atoms with E-state index < -0.39 is 0 Å². The van der Waals surface area contributed by atoms with E-state index in [4.69, 9.17) is 9.47 Å². The summed E-state index contributed by atoms with van der Waals surface area (Å²) in [5.41, 5.74) is 2.19. The van der Waals surface area contributed by atoms with E-state index in [1.807, 2.05) is 16.8 Å². The Morgan fingerprint density at radius 3 is 3.07 bits per heavy atom. The van der Waals surface area contributed by atoms with Gasteiger partial charge in [-0.25, -0.2) is 4.98 Å². The summed E-state index contributed by atoms with van der Waals surface area (Å²) in [6, 6.07) is 5.37. The SMILES string of the molecule is O=C(c1ccnc(Br)c1)c1cn(CCOC2CCCCO2)c2ccncc12. The number of aromatic nitrogens is 3. The van der Waals surface area contributed by atoms with Crippen LogP contribution in [0.3, 0.4) is 0 Å². The molecule has 7 heteroatoms. The Kier molecular flexibility index (Phi) is 5.61. The second-order valence-electron chi connectivity index (χ2n) is 6.49. The largest absolute Gasteiger partial charge is 0.353 e. The molecule has 1 fully saturated rings. The van der Waals surface area contributed by atoms with Crippen molar-refractivity contribution in [1.29, 1.82) is 0 Å². The van der Waals surface area contributed by atoms with E-state index in [2.05, 4.69) is 25.9 Å². The molecule has 1 unspecified atom stereocenters. The van der Waals surface area contributed by atoms with E-state index in [-0.39, 0.29) is 12.1 Å². The average molecular weight is 430 g/mol. The number of hydrogen-bond donors (Lipinski definition) is 0. The van der Waals surface area contributed by atoms with Gasteiger partial charge in [0.25, 0.3) is 0 Å². The molecule has 4 rings (SSSR count). The molecule has 27 heavy (non-hydrogen) atoms. The van der Waals surface area contributed by atoms with Gasteiger partial charge in [-0.3, -0.25) is 9.78 Å². The van der Waals surface area contributed by atoms with E-state index in [0.29, 0.717) is 28.9 Å². The lowest BCUT2D eigenvalue weighted by Gasteiger charge is -2.22. The van der Waals surface area contributed by atoms with Crippen molar-refractivity contribution in [3.05, 3.63) is 58.7 Å². The first kappa shape index (κ1) is 18.3. The third-order valence-electron chi connectivity index (χ3n) is 4.69. The fourth-order valence-corrected chi connectivity index (χ4v) is 3.70. The van der Waals surface area contributed by atoms with Gasteiger partial charge in [0.15, 0.2) is 12.1 Å². The summed E-state index contributed by atoms with van der Waals surface area (Å²) in [6.07, 6.45) is 10.0. The van der Waals surface area contributed by atoms with Crippen molar-refractivity contribution in [1.82, 2.24) is 14.5 Å². The van der Waals surface area contributed by atoms with E-state index in [1.54, 1.807) is 30.7 Å². The Labute approximate surface area is 165 Å². The number of carbonyl (C=O) groups is 1. The van der Waals surface area contributed by atoms with E-state index in [1.165, 1.54) is 0 Å². The fourth-order valence-electron chi connectivity index (χ4n) is 3.33. The molecular weight excluding hydrogens is 410 g/mol. The van der Waals surface area contributed by atoms with Gasteiger partial charge >= 0.3 is 0 Å². The quantitative estimate of drug-likeness (QED) is 0.438. The summed E-state index contributed by atoms with van der Waals surface area (Å²) in [5.74, 6) is -0.0496. The minimum absolute atomic E-state index is 0.0496. The average Bonchev–Trinajstić information content (AvgIpc) is 3.07. The predicted octanol–water partition coefficient (Wildman–Crippen LogP) is 3.97. The molecule has 1 saturated heterocycles. The molecule has 0 N–H and O–H groups in total. The lowest BCUT2D eigenvalue weighted by atomic mass is 10.1. The number of hydrogen-bond acceptors (Lipinski definition) is 5. The zero-order valence-electron chi connectivity index (χ0n) is 14.8. The standard InChI is InChI=1S/C20H20BrN3O3/c21-18-11-14(4-7-23-18)20(25)16-13-24(17-5-6-22-12-15(16)17)8-10-27-19-3-1-2-9-26-19/h4-7,11-13,19H,1-3,8-10H2. The van der Waals surface area contributed by atoms with E-state index in [0.717, 1.165) is 36.8 Å². The fraction of sp³-hybridized carbons (Fsp3) is 0.350. The van der Waals surface area contributed by atoms with Crippen LogP contribution in [0.25, 0.3) is 10.9 Å². The summed E-state index contributed by atoms with van der Waals surface area (Å²) in [5, 5.41) is 0.837. The number of carbonyl (C=O) groups excluding carboxylic acids is 1. The first-order valence-corrected chi connectivity index (χ1v) is 9.84. The highest BCUT2D eigenvalue weighted by atomic mass is 79.9. The molecule has 0 radical (unpaired) electrons. The van der Waals surface area contributed by atoms with Gasteiger partial charge in [0.05, 0.1) is 12.1 Å². The maximum atomic E-state index is 13.0. The van der Waals surface area contributed by atoms with Crippen LogP contribution < -0.4 is 0 Å². The Bertz CT molecular complexity index is 951. The van der Waals surface area contributed by atoms with Crippen molar-refractivity contribution in [2.75, 3.05) is 13.2 Å². The molecule has 0 aromatic carbocycles. The Balaban J connectivity index is 1.56. The molecule has 0 saturated carbocycles. The lowest BCUT2D eigenvalue weighted by molar-refractivity contribution is -0.163. The summed E-state index contributed by atoms with van der Waals surface area (Å²) in [4.78, 5) is 21.3. The minimum atomic E-state index is -0.113. The third-order valence-corrected chi connectivity index (χ3v) is 5.12. The number of ketones is 1. The van der Waals surface area contributed by atoms with Crippen LogP contribution in [0.1, 0.15) is 35.2 Å². The zero-order chi connectivity index (χ0) is 18.6. The Morgan fingerprint density at radius 2 is 2.26 bits per heavy atom. The Hall–Kier alpha value is -2.09. The monoisotopic (exact) mass is 429 g/mol. The number of pyridine rings is 2. The molecule has 6 nitrogen and oxygen atoms in total. The minimum Gasteiger partial charge on any atom is -0.353 e. The van der Waals surface area contributed by atoms with Crippen LogP contribution >= 0.6 is 15.9 Å². The van der Waals surface area contributed by atoms with Crippen molar-refractivity contribution < 1.29 is 14.3 Å². The molecule has 1 aliphatic rings. The van der Waals surface area contributed by atoms with Crippen molar-refractivity contribution >= 4 is 32.6 Å². The highest BCUT2D eigenvalue weighted by Crippen LogP contribution is 2.24. The van der Waals surface area contributed by atoms with Crippen LogP contribution in [-0.4, -0.2) is 39.8 Å². The highest BCUT2D eigenvalue weighted by Gasteiger charge is 2.18. The molecule has 3 aromatic rings. The molecule has 1 aliphatic heterocycles. The van der Waals surface area contributed by atoms with Crippen LogP contribution in [0.15, 0.2) is 47.6 Å². The first-order valence-electron chi connectivity index (χ1n) is 9.05. The molecule has 140 valence electrons. The zero-order valence-corrected chi connectivity index (χ0v) is 16.4. The molecule has 4 heterocycles. The molecule has 1 atom stereocenters. The summed E-state index contributed by atoms with van der Waals surface area (Å²) in [6.45, 7) is 1.95. The van der Waals surface area contributed by atoms with Crippen LogP contribution in [0.2, 0.25) is 0 Å². The van der Waals surface area contributed by atoms with E-state index in [9.17, 15) is 4.79 Å². The summed E-state index contributed by atoms with van der Waals surface area (Å²) < 4.78 is 14.1. The topological polar surface area (TPSA) is 66.2 Å². The van der Waals surface area contributed by atoms with Crippen molar-refractivity contribution in [2.45, 2.75) is 32.1 Å². The van der Waals surface area contributed by atoms with Crippen LogP contribution in [0.4, 0.5) is 0 Å². The van der Waals surface area contributed by atoms with Gasteiger partial charge in [-0.2, -0.15) is 0 Å². The van der Waals surface area contributed by atoms with Crippen LogP contribution in [0, 0.1) is 0 Å². The number of fused-ring (bicyclic) bond motifs is 1. The summed E-state index contributed by atoms with van der Waals surface area (Å²) >= 11 is 3.32. The van der Waals surface area contributed by atoms with Crippen molar-refractivity contribution in [3.8, 4) is 0 Å². The predicted molar refractivity (Wildman–Crippen MR) is 105 cm³/mol. The second kappa shape index (κ2) is 8.29. The molecular formula is C20H20BrN3O3. The van der Waals surface area contributed by atoms with Gasteiger partial charge in [-0.15, -0.1) is 0 Å². The number of halogens is 1. The lowest BCUT2D eigenvalue weighted by Crippen LogP contribution is -2.23. The number of nitrogens with zero attached hydrogens (tertiary/aromatic N) is 3. The van der Waals surface area contributed by atoms with Gasteiger partial charge in [0.2, 0.25) is 0 Å². The highest BCUT2D eigenvalue weighted by molar-refractivity contribution is 9.10. The van der Waals surface area contributed by atoms with Crippen LogP contribution in [-0.2, 0) is 16.0 Å². The first-order chi connectivity index (χ1) is 13.2. The second-order valence-corrected chi connectivity index (χ2v) is 7.30. The molecule has 0 spiro atoms. The summed E-state index contributed by atoms with van der Waals surface area (Å²) in [7, 11) is 0. The Morgan fingerprint density at radius 1 is 1.33 bits per heavy atom. The van der Waals surface area contributed by atoms with Gasteiger partial charge in [0.1, 0.15) is 4.60 Å². The third kappa shape index (κ3) is 4.10. The van der Waals surface area contributed by atoms with Gasteiger partial charge < -0.3 is 14.0 Å². The molecule has 0 aliphatic carbocycles. The maximum Gasteiger partial charge on any atom is 0.195 e. The van der Waals surface area contributed by atoms with Crippen molar-refractivity contribution in [3.63, 3.8) is 0 Å². The van der Waals surface area contributed by atoms with Crippen molar-refractivity contribution in [2.24, 2.45) is 0 Å². The smallest absolute Gasteiger partial charge is 0.195 e. The normalized spacial score (nSPS) is 17.3. The molecule has 0 bridgehead atoms. The van der Waals surface area contributed by atoms with Gasteiger partial charge in [0, 0.05) is 54.5 Å². The molecule has 0 amide bonds. The molecule has 3 aromatic heterocycles. The van der Waals surface area contributed by atoms with E-state index >= 15 is 0 Å². The maximum absolute atomic E-state index is 13.0.